The first-order valence-corrected chi connectivity index (χ1v) is 8.37. The zero-order valence-corrected chi connectivity index (χ0v) is 15.3. The number of nitrogens with one attached hydrogen (secondary N) is 1. The number of anilines is 1. The van der Waals surface area contributed by atoms with E-state index >= 15 is 0 Å². The van der Waals surface area contributed by atoms with E-state index < -0.39 is 18.3 Å². The first-order valence-electron chi connectivity index (χ1n) is 8.37. The Hall–Kier alpha value is -2.18. The molecule has 6 heteroatoms. The molecule has 0 spiro atoms. The highest BCUT2D eigenvalue weighted by molar-refractivity contribution is 6.62. The van der Waals surface area contributed by atoms with Gasteiger partial charge < -0.3 is 14.6 Å². The molecule has 1 N–H and O–H groups in total. The van der Waals surface area contributed by atoms with Crippen LogP contribution in [-0.4, -0.2) is 29.2 Å². The SMILES string of the molecule is Cc1ccncc1C(=O)Nc1cccc(B2OC(C)(C)C(C)(C)O2)c1. The standard InChI is InChI=1S/C19H23BN2O3/c1-13-9-10-21-12-16(13)17(23)22-15-8-6-7-14(11-15)20-24-18(2,3)19(4,5)25-20/h6-12H,1-5H3,(H,22,23). The molecule has 0 aliphatic carbocycles. The number of benzene rings is 1. The molecule has 0 unspecified atom stereocenters. The molecule has 2 aromatic rings. The molecule has 25 heavy (non-hydrogen) atoms. The van der Waals surface area contributed by atoms with Gasteiger partial charge >= 0.3 is 7.12 Å². The van der Waals surface area contributed by atoms with E-state index in [0.29, 0.717) is 11.3 Å². The van der Waals surface area contributed by atoms with E-state index in [9.17, 15) is 4.79 Å². The fourth-order valence-electron chi connectivity index (χ4n) is 2.64. The van der Waals surface area contributed by atoms with Crippen molar-refractivity contribution in [1.29, 1.82) is 0 Å². The molecule has 130 valence electrons. The summed E-state index contributed by atoms with van der Waals surface area (Å²) >= 11 is 0. The molecule has 1 aliphatic heterocycles. The molecule has 0 atom stereocenters. The molecular formula is C19H23BN2O3. The Morgan fingerprint density at radius 3 is 2.44 bits per heavy atom. The fourth-order valence-corrected chi connectivity index (χ4v) is 2.64. The Bertz CT molecular complexity index is 789. The minimum atomic E-state index is -0.456. The number of hydrogen-bond acceptors (Lipinski definition) is 4. The van der Waals surface area contributed by atoms with Crippen LogP contribution in [0, 0.1) is 6.92 Å². The van der Waals surface area contributed by atoms with Gasteiger partial charge in [-0.25, -0.2) is 0 Å². The lowest BCUT2D eigenvalue weighted by atomic mass is 9.79. The first-order chi connectivity index (χ1) is 11.7. The molecule has 3 rings (SSSR count). The van der Waals surface area contributed by atoms with Gasteiger partial charge in [0, 0.05) is 18.1 Å². The zero-order valence-electron chi connectivity index (χ0n) is 15.3. The van der Waals surface area contributed by atoms with Crippen molar-refractivity contribution in [2.75, 3.05) is 5.32 Å². The minimum Gasteiger partial charge on any atom is -0.399 e. The van der Waals surface area contributed by atoms with E-state index in [2.05, 4.69) is 10.3 Å². The number of amides is 1. The third-order valence-electron chi connectivity index (χ3n) is 4.95. The van der Waals surface area contributed by atoms with Crippen LogP contribution in [0.15, 0.2) is 42.7 Å². The minimum absolute atomic E-state index is 0.184. The van der Waals surface area contributed by atoms with Crippen molar-refractivity contribution in [3.63, 3.8) is 0 Å². The summed E-state index contributed by atoms with van der Waals surface area (Å²) in [6.07, 6.45) is 3.24. The van der Waals surface area contributed by atoms with Crippen LogP contribution in [0.2, 0.25) is 0 Å². The summed E-state index contributed by atoms with van der Waals surface area (Å²) in [5.74, 6) is -0.184. The summed E-state index contributed by atoms with van der Waals surface area (Å²) in [7, 11) is -0.456. The lowest BCUT2D eigenvalue weighted by Crippen LogP contribution is -2.41. The van der Waals surface area contributed by atoms with Crippen LogP contribution < -0.4 is 10.8 Å². The zero-order chi connectivity index (χ0) is 18.2. The maximum atomic E-state index is 12.5. The smallest absolute Gasteiger partial charge is 0.399 e. The van der Waals surface area contributed by atoms with Crippen LogP contribution >= 0.6 is 0 Å². The van der Waals surface area contributed by atoms with E-state index in [1.54, 1.807) is 12.4 Å². The number of rotatable bonds is 3. The lowest BCUT2D eigenvalue weighted by molar-refractivity contribution is 0.00578. The quantitative estimate of drug-likeness (QED) is 0.874. The molecule has 0 bridgehead atoms. The number of nitrogens with zero attached hydrogens (tertiary/aromatic N) is 1. The van der Waals surface area contributed by atoms with Gasteiger partial charge in [-0.1, -0.05) is 12.1 Å². The molecular weight excluding hydrogens is 315 g/mol. The van der Waals surface area contributed by atoms with Gasteiger partial charge in [0.05, 0.1) is 16.8 Å². The van der Waals surface area contributed by atoms with Gasteiger partial charge in [-0.2, -0.15) is 0 Å². The molecule has 1 fully saturated rings. The van der Waals surface area contributed by atoms with Gasteiger partial charge in [0.15, 0.2) is 0 Å². The van der Waals surface area contributed by atoms with Crippen LogP contribution in [0.4, 0.5) is 5.69 Å². The fraction of sp³-hybridized carbons (Fsp3) is 0.368. The van der Waals surface area contributed by atoms with Gasteiger partial charge in [0.25, 0.3) is 5.91 Å². The van der Waals surface area contributed by atoms with Crippen LogP contribution in [-0.2, 0) is 9.31 Å². The van der Waals surface area contributed by atoms with Gasteiger partial charge in [0.2, 0.25) is 0 Å². The Morgan fingerprint density at radius 2 is 1.80 bits per heavy atom. The highest BCUT2D eigenvalue weighted by Gasteiger charge is 2.51. The van der Waals surface area contributed by atoms with Crippen molar-refractivity contribution < 1.29 is 14.1 Å². The Kier molecular flexibility index (Phi) is 4.43. The third kappa shape index (κ3) is 3.46. The number of carbonyl (C=O) groups is 1. The summed E-state index contributed by atoms with van der Waals surface area (Å²) < 4.78 is 12.1. The van der Waals surface area contributed by atoms with Gasteiger partial charge in [-0.3, -0.25) is 9.78 Å². The number of aromatic nitrogens is 1. The van der Waals surface area contributed by atoms with Crippen molar-refractivity contribution >= 4 is 24.2 Å². The predicted octanol–water partition coefficient (Wildman–Crippen LogP) is 2.94. The van der Waals surface area contributed by atoms with E-state index in [1.165, 1.54) is 0 Å². The van der Waals surface area contributed by atoms with Crippen molar-refractivity contribution in [3.8, 4) is 0 Å². The van der Waals surface area contributed by atoms with Crippen LogP contribution in [0.5, 0.6) is 0 Å². The van der Waals surface area contributed by atoms with Crippen LogP contribution in [0.1, 0.15) is 43.6 Å². The van der Waals surface area contributed by atoms with Gasteiger partial charge in [0.1, 0.15) is 0 Å². The van der Waals surface area contributed by atoms with E-state index in [4.69, 9.17) is 9.31 Å². The van der Waals surface area contributed by atoms with Crippen LogP contribution in [0.25, 0.3) is 0 Å². The summed E-state index contributed by atoms with van der Waals surface area (Å²) in [6, 6.07) is 9.36. The molecule has 1 amide bonds. The number of aryl methyl sites for hydroxylation is 1. The predicted molar refractivity (Wildman–Crippen MR) is 99.1 cm³/mol. The Balaban J connectivity index is 1.79. The molecule has 5 nitrogen and oxygen atoms in total. The van der Waals surface area contributed by atoms with Crippen molar-refractivity contribution in [3.05, 3.63) is 53.9 Å². The summed E-state index contributed by atoms with van der Waals surface area (Å²) in [4.78, 5) is 16.5. The second-order valence-electron chi connectivity index (χ2n) is 7.36. The maximum Gasteiger partial charge on any atom is 0.494 e. The molecule has 1 aromatic heterocycles. The second-order valence-corrected chi connectivity index (χ2v) is 7.36. The van der Waals surface area contributed by atoms with Gasteiger partial charge in [-0.05, 0) is 63.8 Å². The first kappa shape index (κ1) is 17.6. The van der Waals surface area contributed by atoms with Crippen molar-refractivity contribution in [2.45, 2.75) is 45.8 Å². The molecule has 0 radical (unpaired) electrons. The molecule has 1 aromatic carbocycles. The Morgan fingerprint density at radius 1 is 1.12 bits per heavy atom. The van der Waals surface area contributed by atoms with E-state index in [1.807, 2.05) is 65.0 Å². The average Bonchev–Trinajstić information content (AvgIpc) is 2.76. The van der Waals surface area contributed by atoms with Crippen molar-refractivity contribution in [2.24, 2.45) is 0 Å². The number of pyridine rings is 1. The number of carbonyl (C=O) groups excluding carboxylic acids is 1. The third-order valence-corrected chi connectivity index (χ3v) is 4.95. The highest BCUT2D eigenvalue weighted by atomic mass is 16.7. The number of hydrogen-bond donors (Lipinski definition) is 1. The van der Waals surface area contributed by atoms with Gasteiger partial charge in [-0.15, -0.1) is 0 Å². The van der Waals surface area contributed by atoms with E-state index in [0.717, 1.165) is 11.0 Å². The normalized spacial score (nSPS) is 18.2. The monoisotopic (exact) mass is 338 g/mol. The largest absolute Gasteiger partial charge is 0.494 e. The highest BCUT2D eigenvalue weighted by Crippen LogP contribution is 2.36. The summed E-state index contributed by atoms with van der Waals surface area (Å²) in [5, 5.41) is 2.91. The molecule has 1 aliphatic rings. The van der Waals surface area contributed by atoms with E-state index in [-0.39, 0.29) is 5.91 Å². The average molecular weight is 338 g/mol. The van der Waals surface area contributed by atoms with Crippen LogP contribution in [0.3, 0.4) is 0 Å². The summed E-state index contributed by atoms with van der Waals surface area (Å²) in [5.41, 5.74) is 2.21. The topological polar surface area (TPSA) is 60.5 Å². The second kappa shape index (κ2) is 6.28. The lowest BCUT2D eigenvalue weighted by Gasteiger charge is -2.32. The Labute approximate surface area is 148 Å². The molecule has 2 heterocycles. The molecule has 1 saturated heterocycles. The summed E-state index contributed by atoms with van der Waals surface area (Å²) in [6.45, 7) is 9.96. The van der Waals surface area contributed by atoms with Crippen molar-refractivity contribution in [1.82, 2.24) is 4.98 Å². The maximum absolute atomic E-state index is 12.5. The molecule has 0 saturated carbocycles.